The average molecular weight is 311 g/mol. The van der Waals surface area contributed by atoms with Crippen molar-refractivity contribution in [3.05, 3.63) is 28.8 Å². The summed E-state index contributed by atoms with van der Waals surface area (Å²) in [4.78, 5) is 27.3. The minimum Gasteiger partial charge on any atom is -0.340 e. The Morgan fingerprint density at radius 1 is 1.52 bits per heavy atom. The Balaban J connectivity index is 2.22. The average Bonchev–Trinajstić information content (AvgIpc) is 2.90. The largest absolute Gasteiger partial charge is 0.340 e. The van der Waals surface area contributed by atoms with E-state index in [9.17, 15) is 9.59 Å². The van der Waals surface area contributed by atoms with E-state index < -0.39 is 0 Å². The van der Waals surface area contributed by atoms with Crippen LogP contribution in [0.25, 0.3) is 0 Å². The number of carbonyl (C=O) groups is 2. The zero-order valence-corrected chi connectivity index (χ0v) is 12.9. The molecule has 2 rings (SSSR count). The van der Waals surface area contributed by atoms with Gasteiger partial charge in [0.2, 0.25) is 0 Å². The molecule has 0 saturated carbocycles. The topological polar surface area (TPSA) is 64.7 Å². The number of carbonyl (C=O) groups excluding carboxylic acids is 2. The number of anilines is 1. The van der Waals surface area contributed by atoms with Crippen LogP contribution >= 0.6 is 11.6 Å². The van der Waals surface area contributed by atoms with E-state index in [1.54, 1.807) is 35.0 Å². The third kappa shape index (κ3) is 3.46. The number of urea groups is 1. The van der Waals surface area contributed by atoms with E-state index >= 15 is 0 Å². The molecule has 1 aromatic carbocycles. The third-order valence-corrected chi connectivity index (χ3v) is 3.72. The van der Waals surface area contributed by atoms with E-state index in [0.29, 0.717) is 42.5 Å². The lowest BCUT2D eigenvalue weighted by Crippen LogP contribution is -2.33. The maximum Gasteiger partial charge on any atom is 0.321 e. The number of nitrogens with zero attached hydrogens (tertiary/aromatic N) is 2. The van der Waals surface area contributed by atoms with Crippen LogP contribution in [0.4, 0.5) is 10.5 Å². The summed E-state index contributed by atoms with van der Waals surface area (Å²) in [6.07, 6.45) is 0. The first-order valence-corrected chi connectivity index (χ1v) is 7.17. The lowest BCUT2D eigenvalue weighted by atomic mass is 10.1. The molecule has 1 saturated heterocycles. The fraction of sp³-hybridized carbons (Fsp3) is 0.429. The van der Waals surface area contributed by atoms with E-state index in [4.69, 9.17) is 11.6 Å². The van der Waals surface area contributed by atoms with E-state index in [1.165, 1.54) is 0 Å². The number of halogens is 1. The van der Waals surface area contributed by atoms with Gasteiger partial charge < -0.3 is 15.5 Å². The van der Waals surface area contributed by atoms with Crippen molar-refractivity contribution in [3.63, 3.8) is 0 Å². The van der Waals surface area contributed by atoms with Gasteiger partial charge in [-0.05, 0) is 25.2 Å². The highest BCUT2D eigenvalue weighted by Crippen LogP contribution is 2.25. The monoisotopic (exact) mass is 310 g/mol. The predicted molar refractivity (Wildman–Crippen MR) is 83.1 cm³/mol. The standard InChI is InChI=1S/C14H19ClN4O2/c1-16-5-7-18(2)13(20)11-9-10(3-4-12(11)15)19-8-6-17-14(19)21/h3-4,9,16H,5-8H2,1-2H3,(H,17,21). The van der Waals surface area contributed by atoms with Gasteiger partial charge in [0, 0.05) is 38.9 Å². The van der Waals surface area contributed by atoms with Gasteiger partial charge in [-0.1, -0.05) is 11.6 Å². The SMILES string of the molecule is CNCCN(C)C(=O)c1cc(N2CCNC2=O)ccc1Cl. The summed E-state index contributed by atoms with van der Waals surface area (Å²) in [5.41, 5.74) is 1.09. The van der Waals surface area contributed by atoms with E-state index in [-0.39, 0.29) is 11.9 Å². The highest BCUT2D eigenvalue weighted by Gasteiger charge is 2.23. The van der Waals surface area contributed by atoms with Gasteiger partial charge in [-0.2, -0.15) is 0 Å². The van der Waals surface area contributed by atoms with Crippen molar-refractivity contribution in [3.8, 4) is 0 Å². The number of hydrogen-bond acceptors (Lipinski definition) is 3. The molecule has 0 radical (unpaired) electrons. The van der Waals surface area contributed by atoms with Crippen LogP contribution in [0.5, 0.6) is 0 Å². The van der Waals surface area contributed by atoms with Crippen LogP contribution in [0.3, 0.4) is 0 Å². The van der Waals surface area contributed by atoms with Crippen molar-refractivity contribution in [1.82, 2.24) is 15.5 Å². The Morgan fingerprint density at radius 3 is 2.90 bits per heavy atom. The number of amides is 3. The molecule has 114 valence electrons. The van der Waals surface area contributed by atoms with Crippen LogP contribution in [0, 0.1) is 0 Å². The Kier molecular flexibility index (Phi) is 5.03. The molecular weight excluding hydrogens is 292 g/mol. The molecule has 1 heterocycles. The van der Waals surface area contributed by atoms with Crippen molar-refractivity contribution in [2.24, 2.45) is 0 Å². The molecule has 2 N–H and O–H groups in total. The van der Waals surface area contributed by atoms with Gasteiger partial charge in [0.25, 0.3) is 5.91 Å². The molecule has 0 atom stereocenters. The molecule has 1 aliphatic rings. The molecule has 0 aromatic heterocycles. The van der Waals surface area contributed by atoms with Gasteiger partial charge in [0.15, 0.2) is 0 Å². The molecule has 1 aliphatic heterocycles. The van der Waals surface area contributed by atoms with Crippen molar-refractivity contribution in [1.29, 1.82) is 0 Å². The summed E-state index contributed by atoms with van der Waals surface area (Å²) in [5, 5.41) is 6.11. The summed E-state index contributed by atoms with van der Waals surface area (Å²) in [6, 6.07) is 4.92. The number of likely N-dealkylation sites (N-methyl/N-ethyl adjacent to an activating group) is 2. The summed E-state index contributed by atoms with van der Waals surface area (Å²) in [7, 11) is 3.56. The maximum atomic E-state index is 12.4. The van der Waals surface area contributed by atoms with Crippen LogP contribution < -0.4 is 15.5 Å². The Labute approximate surface area is 129 Å². The fourth-order valence-electron chi connectivity index (χ4n) is 2.15. The Morgan fingerprint density at radius 2 is 2.29 bits per heavy atom. The van der Waals surface area contributed by atoms with Crippen LogP contribution in [0.15, 0.2) is 18.2 Å². The normalized spacial score (nSPS) is 14.2. The summed E-state index contributed by atoms with van der Waals surface area (Å²) >= 11 is 6.13. The van der Waals surface area contributed by atoms with Crippen molar-refractivity contribution in [2.75, 3.05) is 45.2 Å². The first kappa shape index (κ1) is 15.6. The second-order valence-corrected chi connectivity index (χ2v) is 5.29. The van der Waals surface area contributed by atoms with Gasteiger partial charge in [0.05, 0.1) is 10.6 Å². The number of benzene rings is 1. The van der Waals surface area contributed by atoms with E-state index in [2.05, 4.69) is 10.6 Å². The second-order valence-electron chi connectivity index (χ2n) is 4.88. The number of rotatable bonds is 5. The first-order chi connectivity index (χ1) is 10.0. The van der Waals surface area contributed by atoms with Gasteiger partial charge in [-0.25, -0.2) is 4.79 Å². The van der Waals surface area contributed by atoms with Gasteiger partial charge in [-0.15, -0.1) is 0 Å². The van der Waals surface area contributed by atoms with E-state index in [1.807, 2.05) is 7.05 Å². The summed E-state index contributed by atoms with van der Waals surface area (Å²) in [6.45, 7) is 2.48. The lowest BCUT2D eigenvalue weighted by Gasteiger charge is -2.20. The van der Waals surface area contributed by atoms with Crippen molar-refractivity contribution >= 4 is 29.2 Å². The highest BCUT2D eigenvalue weighted by molar-refractivity contribution is 6.34. The molecule has 7 heteroatoms. The minimum atomic E-state index is -0.156. The third-order valence-electron chi connectivity index (χ3n) is 3.39. The molecule has 1 aromatic rings. The van der Waals surface area contributed by atoms with Gasteiger partial charge in [-0.3, -0.25) is 9.69 Å². The van der Waals surface area contributed by atoms with Crippen LogP contribution in [0.2, 0.25) is 5.02 Å². The van der Waals surface area contributed by atoms with Crippen LogP contribution in [0.1, 0.15) is 10.4 Å². The molecule has 6 nitrogen and oxygen atoms in total. The number of hydrogen-bond donors (Lipinski definition) is 2. The smallest absolute Gasteiger partial charge is 0.321 e. The fourth-order valence-corrected chi connectivity index (χ4v) is 2.35. The van der Waals surface area contributed by atoms with Gasteiger partial charge >= 0.3 is 6.03 Å². The highest BCUT2D eigenvalue weighted by atomic mass is 35.5. The predicted octanol–water partition coefficient (Wildman–Crippen LogP) is 1.16. The zero-order valence-electron chi connectivity index (χ0n) is 12.1. The van der Waals surface area contributed by atoms with Crippen molar-refractivity contribution in [2.45, 2.75) is 0 Å². The molecule has 21 heavy (non-hydrogen) atoms. The maximum absolute atomic E-state index is 12.4. The van der Waals surface area contributed by atoms with Crippen LogP contribution in [-0.2, 0) is 0 Å². The van der Waals surface area contributed by atoms with Crippen LogP contribution in [-0.4, -0.2) is 57.1 Å². The molecular formula is C14H19ClN4O2. The van der Waals surface area contributed by atoms with E-state index in [0.717, 1.165) is 0 Å². The Hall–Kier alpha value is -1.79. The molecule has 0 bridgehead atoms. The minimum absolute atomic E-state index is 0.153. The molecule has 1 fully saturated rings. The second kappa shape index (κ2) is 6.78. The lowest BCUT2D eigenvalue weighted by molar-refractivity contribution is 0.0797. The number of nitrogens with one attached hydrogen (secondary N) is 2. The summed E-state index contributed by atoms with van der Waals surface area (Å²) < 4.78 is 0. The molecule has 0 aliphatic carbocycles. The first-order valence-electron chi connectivity index (χ1n) is 6.79. The van der Waals surface area contributed by atoms with Gasteiger partial charge in [0.1, 0.15) is 0 Å². The molecule has 0 spiro atoms. The molecule has 3 amide bonds. The summed E-state index contributed by atoms with van der Waals surface area (Å²) in [5.74, 6) is -0.156. The quantitative estimate of drug-likeness (QED) is 0.858. The zero-order chi connectivity index (χ0) is 15.4. The molecule has 0 unspecified atom stereocenters. The Bertz CT molecular complexity index is 550. The van der Waals surface area contributed by atoms with Crippen molar-refractivity contribution < 1.29 is 9.59 Å².